The lowest BCUT2D eigenvalue weighted by molar-refractivity contribution is -0.146. The van der Waals surface area contributed by atoms with Crippen LogP contribution in [0.4, 0.5) is 4.39 Å². The Balaban J connectivity index is 1.16. The van der Waals surface area contributed by atoms with Crippen LogP contribution in [-0.2, 0) is 9.59 Å². The summed E-state index contributed by atoms with van der Waals surface area (Å²) in [5.41, 5.74) is 0.845. The fourth-order valence-electron chi connectivity index (χ4n) is 7.10. The van der Waals surface area contributed by atoms with Gasteiger partial charge in [0, 0.05) is 24.9 Å². The molecule has 2 amide bonds. The molecule has 5 aliphatic rings. The predicted molar refractivity (Wildman–Crippen MR) is 108 cm³/mol. The zero-order chi connectivity index (χ0) is 20.0. The molecule has 1 aromatic carbocycles. The Bertz CT molecular complexity index is 755. The Morgan fingerprint density at radius 3 is 2.28 bits per heavy atom. The number of hydrogen-bond acceptors (Lipinski definition) is 2. The first kappa shape index (κ1) is 19.1. The molecule has 4 aliphatic carbocycles. The zero-order valence-corrected chi connectivity index (χ0v) is 17.0. The van der Waals surface area contributed by atoms with Gasteiger partial charge in [0.2, 0.25) is 11.8 Å². The third-order valence-corrected chi connectivity index (χ3v) is 7.97. The second-order valence-corrected chi connectivity index (χ2v) is 10.0. The van der Waals surface area contributed by atoms with E-state index in [9.17, 15) is 14.0 Å². The zero-order valence-electron chi connectivity index (χ0n) is 17.0. The molecule has 156 valence electrons. The fourth-order valence-corrected chi connectivity index (χ4v) is 7.10. The van der Waals surface area contributed by atoms with Gasteiger partial charge in [0.25, 0.3) is 0 Å². The third-order valence-electron chi connectivity index (χ3n) is 7.97. The minimum absolute atomic E-state index is 0.0296. The minimum atomic E-state index is -0.253. The highest BCUT2D eigenvalue weighted by Gasteiger charge is 2.54. The molecule has 1 unspecified atom stereocenters. The maximum absolute atomic E-state index is 13.2. The Kier molecular flexibility index (Phi) is 4.87. The highest BCUT2D eigenvalue weighted by Crippen LogP contribution is 2.60. The number of amides is 2. The molecule has 1 saturated heterocycles. The van der Waals surface area contributed by atoms with Crippen molar-refractivity contribution in [2.45, 2.75) is 63.8 Å². The van der Waals surface area contributed by atoms with Crippen molar-refractivity contribution >= 4 is 11.8 Å². The number of nitrogens with one attached hydrogen (secondary N) is 1. The van der Waals surface area contributed by atoms with Crippen LogP contribution in [0.2, 0.25) is 0 Å². The van der Waals surface area contributed by atoms with E-state index in [0.717, 1.165) is 62.0 Å². The van der Waals surface area contributed by atoms with Gasteiger partial charge < -0.3 is 10.2 Å². The first-order chi connectivity index (χ1) is 14.0. The largest absolute Gasteiger partial charge is 0.355 e. The molecule has 29 heavy (non-hydrogen) atoms. The molecule has 6 rings (SSSR count). The molecule has 1 aromatic rings. The smallest absolute Gasteiger partial charge is 0.226 e. The van der Waals surface area contributed by atoms with Crippen LogP contribution in [-0.4, -0.2) is 29.8 Å². The maximum Gasteiger partial charge on any atom is 0.226 e. The summed E-state index contributed by atoms with van der Waals surface area (Å²) in [4.78, 5) is 27.8. The number of likely N-dealkylation sites (tertiary alicyclic amines) is 1. The molecular formula is C24H31FN2O2. The van der Waals surface area contributed by atoms with E-state index in [1.165, 1.54) is 31.4 Å². The summed E-state index contributed by atoms with van der Waals surface area (Å²) in [6.45, 7) is 1.16. The summed E-state index contributed by atoms with van der Waals surface area (Å²) in [6.07, 6.45) is 9.35. The van der Waals surface area contributed by atoms with E-state index in [1.807, 2.05) is 4.90 Å². The number of nitrogens with zero attached hydrogens (tertiary/aromatic N) is 1. The summed E-state index contributed by atoms with van der Waals surface area (Å²) in [6, 6.07) is 6.51. The fraction of sp³-hybridized carbons (Fsp3) is 0.667. The standard InChI is InChI=1S/C24H31FN2O2/c25-20-5-3-19(4-6-20)21-2-1-9-27(21)22(28)7-8-26-23(29)24-13-16-10-17(14-24)12-18(11-16)15-24/h3-6,16-18,21H,1-2,7-15H2,(H,26,29). The molecule has 0 radical (unpaired) electrons. The van der Waals surface area contributed by atoms with Gasteiger partial charge in [-0.3, -0.25) is 9.59 Å². The van der Waals surface area contributed by atoms with Gasteiger partial charge in [-0.25, -0.2) is 4.39 Å². The van der Waals surface area contributed by atoms with Crippen LogP contribution in [0.5, 0.6) is 0 Å². The van der Waals surface area contributed by atoms with Crippen LogP contribution < -0.4 is 5.32 Å². The van der Waals surface area contributed by atoms with Crippen LogP contribution in [0.1, 0.15) is 69.4 Å². The third kappa shape index (κ3) is 3.57. The Labute approximate surface area is 172 Å². The topological polar surface area (TPSA) is 49.4 Å². The average molecular weight is 399 g/mol. The second kappa shape index (κ2) is 7.41. The Hall–Kier alpha value is -1.91. The van der Waals surface area contributed by atoms with Gasteiger partial charge in [-0.05, 0) is 86.8 Å². The number of hydrogen-bond donors (Lipinski definition) is 1. The van der Waals surface area contributed by atoms with Crippen LogP contribution in [0.25, 0.3) is 0 Å². The van der Waals surface area contributed by atoms with E-state index in [0.29, 0.717) is 13.0 Å². The van der Waals surface area contributed by atoms with Gasteiger partial charge in [0.05, 0.1) is 6.04 Å². The van der Waals surface area contributed by atoms with Crippen molar-refractivity contribution in [2.75, 3.05) is 13.1 Å². The summed E-state index contributed by atoms with van der Waals surface area (Å²) in [5, 5.41) is 3.12. The van der Waals surface area contributed by atoms with Gasteiger partial charge in [-0.2, -0.15) is 0 Å². The molecule has 1 atom stereocenters. The molecule has 1 aliphatic heterocycles. The lowest BCUT2D eigenvalue weighted by Crippen LogP contribution is -2.53. The van der Waals surface area contributed by atoms with Crippen molar-refractivity contribution < 1.29 is 14.0 Å². The van der Waals surface area contributed by atoms with Crippen LogP contribution >= 0.6 is 0 Å². The van der Waals surface area contributed by atoms with E-state index in [4.69, 9.17) is 0 Å². The van der Waals surface area contributed by atoms with Gasteiger partial charge in [-0.1, -0.05) is 12.1 Å². The quantitative estimate of drug-likeness (QED) is 0.808. The number of carbonyl (C=O) groups excluding carboxylic acids is 2. The van der Waals surface area contributed by atoms with Gasteiger partial charge >= 0.3 is 0 Å². The highest BCUT2D eigenvalue weighted by atomic mass is 19.1. The van der Waals surface area contributed by atoms with E-state index in [1.54, 1.807) is 12.1 Å². The van der Waals surface area contributed by atoms with E-state index >= 15 is 0 Å². The first-order valence-corrected chi connectivity index (χ1v) is 11.4. The van der Waals surface area contributed by atoms with Crippen molar-refractivity contribution in [1.29, 1.82) is 0 Å². The van der Waals surface area contributed by atoms with E-state index in [2.05, 4.69) is 5.32 Å². The lowest BCUT2D eigenvalue weighted by atomic mass is 9.49. The lowest BCUT2D eigenvalue weighted by Gasteiger charge is -2.55. The monoisotopic (exact) mass is 398 g/mol. The maximum atomic E-state index is 13.2. The van der Waals surface area contributed by atoms with Crippen LogP contribution in [0.15, 0.2) is 24.3 Å². The molecule has 4 saturated carbocycles. The number of benzene rings is 1. The van der Waals surface area contributed by atoms with Crippen molar-refractivity contribution in [3.05, 3.63) is 35.6 Å². The Morgan fingerprint density at radius 2 is 1.66 bits per heavy atom. The molecule has 5 heteroatoms. The van der Waals surface area contributed by atoms with Crippen molar-refractivity contribution in [1.82, 2.24) is 10.2 Å². The number of halogens is 1. The minimum Gasteiger partial charge on any atom is -0.355 e. The second-order valence-electron chi connectivity index (χ2n) is 10.0. The SMILES string of the molecule is O=C(CCNC(=O)C12CC3CC(CC(C3)C1)C2)N1CCCC1c1ccc(F)cc1. The Morgan fingerprint density at radius 1 is 1.03 bits per heavy atom. The van der Waals surface area contributed by atoms with E-state index < -0.39 is 0 Å². The molecule has 4 bridgehead atoms. The van der Waals surface area contributed by atoms with E-state index in [-0.39, 0.29) is 29.1 Å². The predicted octanol–water partition coefficient (Wildman–Crippen LogP) is 4.21. The molecule has 1 N–H and O–H groups in total. The van der Waals surface area contributed by atoms with Crippen molar-refractivity contribution in [3.8, 4) is 0 Å². The summed E-state index contributed by atoms with van der Waals surface area (Å²) in [7, 11) is 0. The van der Waals surface area contributed by atoms with Gasteiger partial charge in [0.15, 0.2) is 0 Å². The van der Waals surface area contributed by atoms with Crippen LogP contribution in [0, 0.1) is 29.0 Å². The summed E-state index contributed by atoms with van der Waals surface area (Å²) >= 11 is 0. The average Bonchev–Trinajstić information content (AvgIpc) is 3.17. The number of rotatable bonds is 5. The summed E-state index contributed by atoms with van der Waals surface area (Å²) in [5.74, 6) is 2.26. The van der Waals surface area contributed by atoms with Crippen molar-refractivity contribution in [3.63, 3.8) is 0 Å². The van der Waals surface area contributed by atoms with Crippen LogP contribution in [0.3, 0.4) is 0 Å². The highest BCUT2D eigenvalue weighted by molar-refractivity contribution is 5.84. The van der Waals surface area contributed by atoms with Crippen molar-refractivity contribution in [2.24, 2.45) is 23.2 Å². The summed E-state index contributed by atoms with van der Waals surface area (Å²) < 4.78 is 13.2. The number of carbonyl (C=O) groups is 2. The molecular weight excluding hydrogens is 367 g/mol. The first-order valence-electron chi connectivity index (χ1n) is 11.4. The molecule has 4 nitrogen and oxygen atoms in total. The molecule has 0 spiro atoms. The molecule has 0 aromatic heterocycles. The van der Waals surface area contributed by atoms with Gasteiger partial charge in [0.1, 0.15) is 5.82 Å². The molecule has 5 fully saturated rings. The normalized spacial score (nSPS) is 35.1. The molecule has 1 heterocycles. The van der Waals surface area contributed by atoms with Gasteiger partial charge in [-0.15, -0.1) is 0 Å².